The van der Waals surface area contributed by atoms with E-state index in [9.17, 15) is 8.78 Å². The van der Waals surface area contributed by atoms with E-state index in [1.807, 2.05) is 11.9 Å². The van der Waals surface area contributed by atoms with Gasteiger partial charge in [-0.05, 0) is 13.1 Å². The molecule has 1 atom stereocenters. The standard InChI is InChI=1S/C12H18F2N2O/c1-16(6-7-17-2)8-11(15)9-4-3-5-10(13)12(9)14/h3-5,11H,6-8,15H2,1-2H3. The van der Waals surface area contributed by atoms with Crippen LogP contribution in [0, 0.1) is 11.6 Å². The van der Waals surface area contributed by atoms with Crippen LogP contribution in [-0.4, -0.2) is 38.8 Å². The number of benzene rings is 1. The van der Waals surface area contributed by atoms with Gasteiger partial charge in [0.1, 0.15) is 0 Å². The molecule has 0 spiro atoms. The van der Waals surface area contributed by atoms with Crippen molar-refractivity contribution in [2.24, 2.45) is 5.73 Å². The number of nitrogens with two attached hydrogens (primary N) is 1. The van der Waals surface area contributed by atoms with Crippen molar-refractivity contribution in [3.8, 4) is 0 Å². The highest BCUT2D eigenvalue weighted by Crippen LogP contribution is 2.18. The Labute approximate surface area is 100 Å². The minimum atomic E-state index is -0.863. The molecule has 1 unspecified atom stereocenters. The lowest BCUT2D eigenvalue weighted by molar-refractivity contribution is 0.158. The molecule has 3 nitrogen and oxygen atoms in total. The first-order valence-electron chi connectivity index (χ1n) is 5.43. The van der Waals surface area contributed by atoms with Crippen molar-refractivity contribution >= 4 is 0 Å². The van der Waals surface area contributed by atoms with Crippen molar-refractivity contribution in [2.75, 3.05) is 33.9 Å². The molecular formula is C12H18F2N2O. The van der Waals surface area contributed by atoms with E-state index < -0.39 is 17.7 Å². The van der Waals surface area contributed by atoms with Crippen LogP contribution < -0.4 is 5.73 Å². The quantitative estimate of drug-likeness (QED) is 0.825. The van der Waals surface area contributed by atoms with Crippen LogP contribution in [0.3, 0.4) is 0 Å². The van der Waals surface area contributed by atoms with Gasteiger partial charge in [-0.25, -0.2) is 8.78 Å². The molecule has 96 valence electrons. The van der Waals surface area contributed by atoms with Gasteiger partial charge in [0, 0.05) is 31.8 Å². The number of hydrogen-bond donors (Lipinski definition) is 1. The van der Waals surface area contributed by atoms with Gasteiger partial charge >= 0.3 is 0 Å². The van der Waals surface area contributed by atoms with Gasteiger partial charge in [-0.3, -0.25) is 0 Å². The number of methoxy groups -OCH3 is 1. The van der Waals surface area contributed by atoms with Crippen LogP contribution >= 0.6 is 0 Å². The van der Waals surface area contributed by atoms with E-state index in [2.05, 4.69) is 0 Å². The van der Waals surface area contributed by atoms with Crippen molar-refractivity contribution in [3.05, 3.63) is 35.4 Å². The summed E-state index contributed by atoms with van der Waals surface area (Å²) in [6.07, 6.45) is 0. The second-order valence-electron chi connectivity index (χ2n) is 4.00. The summed E-state index contributed by atoms with van der Waals surface area (Å²) in [5, 5.41) is 0. The van der Waals surface area contributed by atoms with Crippen LogP contribution in [0.1, 0.15) is 11.6 Å². The third-order valence-corrected chi connectivity index (χ3v) is 2.57. The monoisotopic (exact) mass is 244 g/mol. The van der Waals surface area contributed by atoms with Crippen LogP contribution in [0.15, 0.2) is 18.2 Å². The fraction of sp³-hybridized carbons (Fsp3) is 0.500. The first kappa shape index (κ1) is 14.0. The minimum Gasteiger partial charge on any atom is -0.383 e. The highest BCUT2D eigenvalue weighted by Gasteiger charge is 2.15. The van der Waals surface area contributed by atoms with Gasteiger partial charge in [0.05, 0.1) is 6.61 Å². The van der Waals surface area contributed by atoms with Gasteiger partial charge in [-0.15, -0.1) is 0 Å². The third-order valence-electron chi connectivity index (χ3n) is 2.57. The maximum absolute atomic E-state index is 13.5. The van der Waals surface area contributed by atoms with E-state index in [1.54, 1.807) is 7.11 Å². The van der Waals surface area contributed by atoms with Crippen LogP contribution in [0.2, 0.25) is 0 Å². The molecule has 0 radical (unpaired) electrons. The summed E-state index contributed by atoms with van der Waals surface area (Å²) in [7, 11) is 3.47. The largest absolute Gasteiger partial charge is 0.383 e. The lowest BCUT2D eigenvalue weighted by Crippen LogP contribution is -2.32. The average molecular weight is 244 g/mol. The smallest absolute Gasteiger partial charge is 0.163 e. The normalized spacial score (nSPS) is 13.1. The Morgan fingerprint density at radius 3 is 2.76 bits per heavy atom. The number of rotatable bonds is 6. The zero-order valence-electron chi connectivity index (χ0n) is 10.1. The molecule has 17 heavy (non-hydrogen) atoms. The molecule has 1 aromatic rings. The number of nitrogens with zero attached hydrogens (tertiary/aromatic N) is 1. The number of ether oxygens (including phenoxy) is 1. The fourth-order valence-electron chi connectivity index (χ4n) is 1.58. The number of likely N-dealkylation sites (N-methyl/N-ethyl adjacent to an activating group) is 1. The van der Waals surface area contributed by atoms with Gasteiger partial charge in [0.2, 0.25) is 0 Å². The van der Waals surface area contributed by atoms with Crippen LogP contribution in [-0.2, 0) is 4.74 Å². The lowest BCUT2D eigenvalue weighted by Gasteiger charge is -2.21. The van der Waals surface area contributed by atoms with Crippen molar-refractivity contribution in [3.63, 3.8) is 0 Å². The zero-order valence-corrected chi connectivity index (χ0v) is 10.1. The van der Waals surface area contributed by atoms with E-state index in [0.29, 0.717) is 19.7 Å². The maximum atomic E-state index is 13.5. The fourth-order valence-corrected chi connectivity index (χ4v) is 1.58. The summed E-state index contributed by atoms with van der Waals surface area (Å²) >= 11 is 0. The van der Waals surface area contributed by atoms with Gasteiger partial charge in [-0.1, -0.05) is 12.1 Å². The Kier molecular flexibility index (Phi) is 5.47. The maximum Gasteiger partial charge on any atom is 0.163 e. The SMILES string of the molecule is COCCN(C)CC(N)c1cccc(F)c1F. The molecule has 0 bridgehead atoms. The van der Waals surface area contributed by atoms with E-state index in [-0.39, 0.29) is 5.56 Å². The molecule has 0 fully saturated rings. The number of halogens is 2. The van der Waals surface area contributed by atoms with Crippen LogP contribution in [0.5, 0.6) is 0 Å². The van der Waals surface area contributed by atoms with E-state index in [1.165, 1.54) is 12.1 Å². The third kappa shape index (κ3) is 4.03. The summed E-state index contributed by atoms with van der Waals surface area (Å²) in [4.78, 5) is 1.92. The molecule has 0 amide bonds. The van der Waals surface area contributed by atoms with E-state index in [0.717, 1.165) is 6.07 Å². The summed E-state index contributed by atoms with van der Waals surface area (Å²) in [5.74, 6) is -1.72. The summed E-state index contributed by atoms with van der Waals surface area (Å²) < 4.78 is 31.4. The second kappa shape index (κ2) is 6.64. The van der Waals surface area contributed by atoms with E-state index in [4.69, 9.17) is 10.5 Å². The first-order chi connectivity index (χ1) is 8.06. The molecule has 1 rings (SSSR count). The summed E-state index contributed by atoms with van der Waals surface area (Å²) in [6, 6.07) is 3.50. The van der Waals surface area contributed by atoms with Crippen LogP contribution in [0.25, 0.3) is 0 Å². The molecule has 1 aromatic carbocycles. The van der Waals surface area contributed by atoms with Gasteiger partial charge in [-0.2, -0.15) is 0 Å². The zero-order chi connectivity index (χ0) is 12.8. The Morgan fingerprint density at radius 2 is 2.12 bits per heavy atom. The van der Waals surface area contributed by atoms with Gasteiger partial charge in [0.15, 0.2) is 11.6 Å². The van der Waals surface area contributed by atoms with Crippen molar-refractivity contribution in [1.29, 1.82) is 0 Å². The molecule has 0 saturated carbocycles. The van der Waals surface area contributed by atoms with Crippen molar-refractivity contribution in [2.45, 2.75) is 6.04 Å². The molecule has 0 aromatic heterocycles. The van der Waals surface area contributed by atoms with E-state index >= 15 is 0 Å². The van der Waals surface area contributed by atoms with Gasteiger partial charge < -0.3 is 15.4 Å². The Morgan fingerprint density at radius 1 is 1.41 bits per heavy atom. The summed E-state index contributed by atoms with van der Waals surface area (Å²) in [6.45, 7) is 1.72. The highest BCUT2D eigenvalue weighted by molar-refractivity contribution is 5.22. The van der Waals surface area contributed by atoms with Crippen molar-refractivity contribution < 1.29 is 13.5 Å². The first-order valence-corrected chi connectivity index (χ1v) is 5.43. The Hall–Kier alpha value is -1.04. The molecular weight excluding hydrogens is 226 g/mol. The molecule has 5 heteroatoms. The molecule has 0 aliphatic rings. The lowest BCUT2D eigenvalue weighted by atomic mass is 10.1. The van der Waals surface area contributed by atoms with Crippen LogP contribution in [0.4, 0.5) is 8.78 Å². The summed E-state index contributed by atoms with van der Waals surface area (Å²) in [5.41, 5.74) is 6.05. The highest BCUT2D eigenvalue weighted by atomic mass is 19.2. The molecule has 0 aliphatic heterocycles. The topological polar surface area (TPSA) is 38.5 Å². The number of hydrogen-bond acceptors (Lipinski definition) is 3. The predicted molar refractivity (Wildman–Crippen MR) is 62.7 cm³/mol. The Bertz CT molecular complexity index is 360. The Balaban J connectivity index is 2.63. The van der Waals surface area contributed by atoms with Gasteiger partial charge in [0.25, 0.3) is 0 Å². The average Bonchev–Trinajstić information content (AvgIpc) is 2.29. The molecule has 0 saturated heterocycles. The minimum absolute atomic E-state index is 0.203. The molecule has 2 N–H and O–H groups in total. The molecule has 0 heterocycles. The second-order valence-corrected chi connectivity index (χ2v) is 4.00. The van der Waals surface area contributed by atoms with Crippen molar-refractivity contribution in [1.82, 2.24) is 4.90 Å². The molecule has 0 aliphatic carbocycles. The predicted octanol–water partition coefficient (Wildman–Crippen LogP) is 1.54.